The molecule has 0 radical (unpaired) electrons. The second-order valence-electron chi connectivity index (χ2n) is 7.71. The lowest BCUT2D eigenvalue weighted by Gasteiger charge is -2.24. The molecule has 0 bridgehead atoms. The van der Waals surface area contributed by atoms with Gasteiger partial charge in [0.15, 0.2) is 4.77 Å². The minimum absolute atomic E-state index is 0.0124. The van der Waals surface area contributed by atoms with Crippen molar-refractivity contribution < 1.29 is 4.79 Å². The van der Waals surface area contributed by atoms with E-state index in [4.69, 9.17) is 12.2 Å². The van der Waals surface area contributed by atoms with Gasteiger partial charge in [-0.2, -0.15) is 0 Å². The smallest absolute Gasteiger partial charge is 0.262 e. The number of carbonyl (C=O) groups excluding carboxylic acids is 1. The van der Waals surface area contributed by atoms with Crippen molar-refractivity contribution in [3.63, 3.8) is 0 Å². The number of hydrogen-bond donors (Lipinski definition) is 1. The third kappa shape index (κ3) is 3.89. The van der Waals surface area contributed by atoms with Crippen molar-refractivity contribution in [1.82, 2.24) is 14.5 Å². The SMILES string of the molecule is CCn1c(=S)[nH]c2cc(C(=O)N3CCCN(c4ccc(C)cc4)CC3)ccc2c1=O. The van der Waals surface area contributed by atoms with E-state index in [2.05, 4.69) is 41.1 Å². The number of aryl methyl sites for hydroxylation is 1. The van der Waals surface area contributed by atoms with Crippen LogP contribution in [0.4, 0.5) is 5.69 Å². The molecule has 0 saturated carbocycles. The predicted octanol–water partition coefficient (Wildman–Crippen LogP) is 3.74. The number of aromatic nitrogens is 2. The number of amides is 1. The number of nitrogens with zero attached hydrogens (tertiary/aromatic N) is 3. The van der Waals surface area contributed by atoms with Crippen molar-refractivity contribution >= 4 is 34.7 Å². The maximum absolute atomic E-state index is 13.2. The highest BCUT2D eigenvalue weighted by Crippen LogP contribution is 2.19. The van der Waals surface area contributed by atoms with Gasteiger partial charge in [-0.25, -0.2) is 0 Å². The van der Waals surface area contributed by atoms with Crippen LogP contribution in [0.2, 0.25) is 0 Å². The molecule has 2 aromatic carbocycles. The molecule has 1 saturated heterocycles. The molecule has 0 aliphatic carbocycles. The molecule has 7 heteroatoms. The van der Waals surface area contributed by atoms with Crippen LogP contribution in [0.25, 0.3) is 10.9 Å². The Morgan fingerprint density at radius 1 is 1.07 bits per heavy atom. The van der Waals surface area contributed by atoms with E-state index < -0.39 is 0 Å². The fourth-order valence-electron chi connectivity index (χ4n) is 3.99. The first-order chi connectivity index (χ1) is 14.5. The number of rotatable bonds is 3. The maximum atomic E-state index is 13.2. The summed E-state index contributed by atoms with van der Waals surface area (Å²) >= 11 is 5.29. The average Bonchev–Trinajstić information content (AvgIpc) is 3.00. The van der Waals surface area contributed by atoms with Crippen LogP contribution in [0.5, 0.6) is 0 Å². The van der Waals surface area contributed by atoms with Crippen molar-refractivity contribution in [3.05, 3.63) is 68.7 Å². The number of anilines is 1. The summed E-state index contributed by atoms with van der Waals surface area (Å²) in [6.45, 7) is 7.58. The number of nitrogens with one attached hydrogen (secondary N) is 1. The summed E-state index contributed by atoms with van der Waals surface area (Å²) < 4.78 is 1.90. The summed E-state index contributed by atoms with van der Waals surface area (Å²) in [7, 11) is 0. The fraction of sp³-hybridized carbons (Fsp3) is 0.348. The second kappa shape index (κ2) is 8.44. The Morgan fingerprint density at radius 3 is 2.57 bits per heavy atom. The van der Waals surface area contributed by atoms with Crippen LogP contribution in [0, 0.1) is 11.7 Å². The summed E-state index contributed by atoms with van der Waals surface area (Å²) in [6, 6.07) is 13.7. The number of fused-ring (bicyclic) bond motifs is 1. The minimum atomic E-state index is -0.126. The number of benzene rings is 2. The molecule has 156 valence electrons. The van der Waals surface area contributed by atoms with Gasteiger partial charge in [0.05, 0.1) is 10.9 Å². The van der Waals surface area contributed by atoms with E-state index in [0.717, 1.165) is 19.5 Å². The topological polar surface area (TPSA) is 61.3 Å². The highest BCUT2D eigenvalue weighted by Gasteiger charge is 2.21. The summed E-state index contributed by atoms with van der Waals surface area (Å²) in [5.41, 5.74) is 3.49. The third-order valence-electron chi connectivity index (χ3n) is 5.73. The van der Waals surface area contributed by atoms with E-state index in [1.807, 2.05) is 11.8 Å². The zero-order valence-electron chi connectivity index (χ0n) is 17.4. The number of hydrogen-bond acceptors (Lipinski definition) is 4. The van der Waals surface area contributed by atoms with Crippen LogP contribution in [0.1, 0.15) is 29.3 Å². The minimum Gasteiger partial charge on any atom is -0.370 e. The van der Waals surface area contributed by atoms with E-state index in [-0.39, 0.29) is 11.5 Å². The van der Waals surface area contributed by atoms with Gasteiger partial charge in [0.1, 0.15) is 0 Å². The van der Waals surface area contributed by atoms with E-state index >= 15 is 0 Å². The predicted molar refractivity (Wildman–Crippen MR) is 123 cm³/mol. The molecule has 1 fully saturated rings. The lowest BCUT2D eigenvalue weighted by atomic mass is 10.1. The van der Waals surface area contributed by atoms with E-state index in [1.54, 1.807) is 18.2 Å². The Bertz CT molecular complexity index is 1200. The molecule has 1 aliphatic heterocycles. The summed E-state index contributed by atoms with van der Waals surface area (Å²) in [4.78, 5) is 33.1. The molecule has 4 rings (SSSR count). The lowest BCUT2D eigenvalue weighted by Crippen LogP contribution is -2.35. The van der Waals surface area contributed by atoms with Crippen molar-refractivity contribution in [2.45, 2.75) is 26.8 Å². The fourth-order valence-corrected chi connectivity index (χ4v) is 4.31. The van der Waals surface area contributed by atoms with Crippen LogP contribution in [-0.4, -0.2) is 46.5 Å². The van der Waals surface area contributed by atoms with Crippen molar-refractivity contribution in [2.75, 3.05) is 31.1 Å². The molecule has 3 aromatic rings. The van der Waals surface area contributed by atoms with Crippen LogP contribution < -0.4 is 10.5 Å². The van der Waals surface area contributed by atoms with Gasteiger partial charge in [-0.3, -0.25) is 14.2 Å². The quantitative estimate of drug-likeness (QED) is 0.653. The Morgan fingerprint density at radius 2 is 1.83 bits per heavy atom. The Balaban J connectivity index is 1.55. The summed E-state index contributed by atoms with van der Waals surface area (Å²) in [5.74, 6) is -0.0124. The molecule has 30 heavy (non-hydrogen) atoms. The lowest BCUT2D eigenvalue weighted by molar-refractivity contribution is 0.0767. The second-order valence-corrected chi connectivity index (χ2v) is 8.09. The first-order valence-electron chi connectivity index (χ1n) is 10.4. The summed E-state index contributed by atoms with van der Waals surface area (Å²) in [6.07, 6.45) is 0.914. The van der Waals surface area contributed by atoms with Crippen LogP contribution in [0.3, 0.4) is 0 Å². The molecule has 1 aliphatic rings. The molecular weight excluding hydrogens is 396 g/mol. The Labute approximate surface area is 180 Å². The molecule has 0 atom stereocenters. The van der Waals surface area contributed by atoms with Gasteiger partial charge in [0.25, 0.3) is 11.5 Å². The average molecular weight is 423 g/mol. The van der Waals surface area contributed by atoms with Gasteiger partial charge in [0.2, 0.25) is 0 Å². The largest absolute Gasteiger partial charge is 0.370 e. The van der Waals surface area contributed by atoms with Gasteiger partial charge in [-0.15, -0.1) is 0 Å². The zero-order valence-corrected chi connectivity index (χ0v) is 18.2. The molecular formula is C23H26N4O2S. The van der Waals surface area contributed by atoms with E-state index in [0.29, 0.717) is 40.9 Å². The van der Waals surface area contributed by atoms with Crippen LogP contribution >= 0.6 is 12.2 Å². The van der Waals surface area contributed by atoms with E-state index in [9.17, 15) is 9.59 Å². The molecule has 0 spiro atoms. The molecule has 2 heterocycles. The normalized spacial score (nSPS) is 14.7. The number of H-pyrrole nitrogens is 1. The van der Waals surface area contributed by atoms with Gasteiger partial charge in [0, 0.05) is 44.0 Å². The molecule has 1 aromatic heterocycles. The van der Waals surface area contributed by atoms with Crippen molar-refractivity contribution in [2.24, 2.45) is 0 Å². The number of carbonyl (C=O) groups is 1. The van der Waals surface area contributed by atoms with Gasteiger partial charge < -0.3 is 14.8 Å². The molecule has 0 unspecified atom stereocenters. The zero-order chi connectivity index (χ0) is 21.3. The standard InChI is InChI=1S/C23H26N4O2S/c1-3-27-22(29)19-10-7-17(15-20(19)24-23(27)30)21(28)26-12-4-11-25(13-14-26)18-8-5-16(2)6-9-18/h5-10,15H,3-4,11-14H2,1-2H3,(H,24,30). The summed E-state index contributed by atoms with van der Waals surface area (Å²) in [5, 5.41) is 0.545. The van der Waals surface area contributed by atoms with Crippen molar-refractivity contribution in [3.8, 4) is 0 Å². The number of aromatic amines is 1. The third-order valence-corrected chi connectivity index (χ3v) is 6.05. The molecule has 1 amide bonds. The highest BCUT2D eigenvalue weighted by molar-refractivity contribution is 7.71. The van der Waals surface area contributed by atoms with Crippen molar-refractivity contribution in [1.29, 1.82) is 0 Å². The first kappa shape index (κ1) is 20.3. The highest BCUT2D eigenvalue weighted by atomic mass is 32.1. The molecule has 1 N–H and O–H groups in total. The van der Waals surface area contributed by atoms with Gasteiger partial charge >= 0.3 is 0 Å². The Hall–Kier alpha value is -2.93. The monoisotopic (exact) mass is 422 g/mol. The first-order valence-corrected chi connectivity index (χ1v) is 10.8. The van der Waals surface area contributed by atoms with E-state index in [1.165, 1.54) is 15.8 Å². The van der Waals surface area contributed by atoms with Crippen LogP contribution in [0.15, 0.2) is 47.3 Å². The van der Waals surface area contributed by atoms with Gasteiger partial charge in [-0.05, 0) is 62.8 Å². The van der Waals surface area contributed by atoms with Crippen LogP contribution in [-0.2, 0) is 6.54 Å². The maximum Gasteiger partial charge on any atom is 0.262 e. The molecule has 6 nitrogen and oxygen atoms in total. The van der Waals surface area contributed by atoms with Gasteiger partial charge in [-0.1, -0.05) is 17.7 Å². The Kier molecular flexibility index (Phi) is 5.72.